The van der Waals surface area contributed by atoms with E-state index in [2.05, 4.69) is 0 Å². The lowest BCUT2D eigenvalue weighted by molar-refractivity contribution is -0.151. The molecule has 1 aromatic carbocycles. The molecule has 2 bridgehead atoms. The maximum Gasteiger partial charge on any atom is 0.331 e. The molecule has 178 valence electrons. The minimum atomic E-state index is -3.80. The Balaban J connectivity index is 1.51. The van der Waals surface area contributed by atoms with Crippen LogP contribution in [-0.4, -0.2) is 77.6 Å². The average Bonchev–Trinajstić information content (AvgIpc) is 3.46. The fourth-order valence-corrected chi connectivity index (χ4v) is 8.96. The standard InChI is InChI=1S/C23H28N2O7S/c1-22(29)9-10-24(18(22)21(28)32-2)19(26)15-5-3-4-6-16(15)20(27)25-17-11-14-7-8-23(17,12-14)13-33(25,30)31/h3-6,14,17-18,29H,7-13H2,1-2H3/t14-,17?,18-,22-,23-/m1/s1. The molecule has 4 fully saturated rings. The summed E-state index contributed by atoms with van der Waals surface area (Å²) in [6, 6.07) is 4.49. The SMILES string of the molecule is COC(=O)[C@H]1N(C(=O)c2ccccc2C(=O)N2C3C[C@H]4CC[C@@]3(C4)CS2(=O)=O)CC[C@@]1(C)O. The maximum atomic E-state index is 13.7. The van der Waals surface area contributed by atoms with Gasteiger partial charge in [-0.1, -0.05) is 12.1 Å². The molecule has 33 heavy (non-hydrogen) atoms. The van der Waals surface area contributed by atoms with E-state index in [1.54, 1.807) is 12.1 Å². The molecular formula is C23H28N2O7S. The van der Waals surface area contributed by atoms with Gasteiger partial charge in [0.25, 0.3) is 11.8 Å². The Morgan fingerprint density at radius 2 is 1.79 bits per heavy atom. The Kier molecular flexibility index (Phi) is 4.92. The summed E-state index contributed by atoms with van der Waals surface area (Å²) in [5.74, 6) is -1.66. The number of carbonyl (C=O) groups is 3. The van der Waals surface area contributed by atoms with Crippen molar-refractivity contribution in [2.24, 2.45) is 11.3 Å². The fourth-order valence-electron chi connectivity index (χ4n) is 6.60. The normalized spacial score (nSPS) is 36.2. The van der Waals surface area contributed by atoms with Gasteiger partial charge in [0, 0.05) is 12.0 Å². The molecule has 2 heterocycles. The number of fused-ring (bicyclic) bond motifs is 1. The van der Waals surface area contributed by atoms with Crippen molar-refractivity contribution in [3.63, 3.8) is 0 Å². The van der Waals surface area contributed by atoms with Crippen molar-refractivity contribution in [3.8, 4) is 0 Å². The van der Waals surface area contributed by atoms with Crippen LogP contribution in [0.25, 0.3) is 0 Å². The van der Waals surface area contributed by atoms with Gasteiger partial charge in [0.15, 0.2) is 6.04 Å². The number of ether oxygens (including phenoxy) is 1. The van der Waals surface area contributed by atoms with Gasteiger partial charge in [-0.15, -0.1) is 0 Å². The number of hydrogen-bond acceptors (Lipinski definition) is 7. The summed E-state index contributed by atoms with van der Waals surface area (Å²) in [5.41, 5.74) is -1.86. The van der Waals surface area contributed by atoms with Crippen molar-refractivity contribution in [1.82, 2.24) is 9.21 Å². The molecule has 4 aliphatic rings. The maximum absolute atomic E-state index is 13.7. The zero-order chi connectivity index (χ0) is 23.8. The number of methoxy groups -OCH3 is 1. The largest absolute Gasteiger partial charge is 0.467 e. The summed E-state index contributed by atoms with van der Waals surface area (Å²) in [6.45, 7) is 1.56. The second kappa shape index (κ2) is 7.27. The van der Waals surface area contributed by atoms with Crippen molar-refractivity contribution < 1.29 is 32.6 Å². The van der Waals surface area contributed by atoms with Crippen LogP contribution in [0.1, 0.15) is 59.7 Å². The van der Waals surface area contributed by atoms with Gasteiger partial charge in [-0.2, -0.15) is 0 Å². The van der Waals surface area contributed by atoms with Gasteiger partial charge in [-0.25, -0.2) is 17.5 Å². The monoisotopic (exact) mass is 476 g/mol. The molecule has 0 aromatic heterocycles. The van der Waals surface area contributed by atoms with Gasteiger partial charge in [0.1, 0.15) is 0 Å². The first kappa shape index (κ1) is 22.3. The Labute approximate surface area is 192 Å². The zero-order valence-electron chi connectivity index (χ0n) is 18.7. The molecule has 1 N–H and O–H groups in total. The van der Waals surface area contributed by atoms with Gasteiger partial charge in [-0.3, -0.25) is 9.59 Å². The van der Waals surface area contributed by atoms with Crippen LogP contribution in [0.3, 0.4) is 0 Å². The van der Waals surface area contributed by atoms with Crippen LogP contribution in [0.5, 0.6) is 0 Å². The molecule has 1 spiro atoms. The number of esters is 1. The molecule has 2 aliphatic heterocycles. The van der Waals surface area contributed by atoms with Crippen molar-refractivity contribution in [1.29, 1.82) is 0 Å². The molecule has 0 radical (unpaired) electrons. The summed E-state index contributed by atoms with van der Waals surface area (Å²) in [6.07, 6.45) is 3.45. The zero-order valence-corrected chi connectivity index (χ0v) is 19.5. The molecular weight excluding hydrogens is 448 g/mol. The van der Waals surface area contributed by atoms with Crippen molar-refractivity contribution >= 4 is 27.8 Å². The van der Waals surface area contributed by atoms with Gasteiger partial charge >= 0.3 is 5.97 Å². The first-order valence-electron chi connectivity index (χ1n) is 11.3. The van der Waals surface area contributed by atoms with E-state index in [0.29, 0.717) is 12.3 Å². The Hall–Kier alpha value is -2.46. The van der Waals surface area contributed by atoms with Crippen LogP contribution in [0.2, 0.25) is 0 Å². The minimum Gasteiger partial charge on any atom is -0.467 e. The third kappa shape index (κ3) is 3.21. The lowest BCUT2D eigenvalue weighted by Crippen LogP contribution is -2.51. The molecule has 1 aromatic rings. The smallest absolute Gasteiger partial charge is 0.331 e. The number of amides is 2. The molecule has 2 aliphatic carbocycles. The molecule has 9 nitrogen and oxygen atoms in total. The highest BCUT2D eigenvalue weighted by Crippen LogP contribution is 2.60. The minimum absolute atomic E-state index is 0.00779. The number of sulfonamides is 1. The number of rotatable bonds is 3. The van der Waals surface area contributed by atoms with Crippen LogP contribution >= 0.6 is 0 Å². The van der Waals surface area contributed by atoms with E-state index in [0.717, 1.165) is 23.6 Å². The van der Waals surface area contributed by atoms with Crippen molar-refractivity contribution in [3.05, 3.63) is 35.4 Å². The second-order valence-corrected chi connectivity index (χ2v) is 12.0. The van der Waals surface area contributed by atoms with E-state index >= 15 is 0 Å². The van der Waals surface area contributed by atoms with E-state index in [1.165, 1.54) is 31.1 Å². The highest BCUT2D eigenvalue weighted by molar-refractivity contribution is 7.90. The molecule has 2 saturated carbocycles. The van der Waals surface area contributed by atoms with Crippen LogP contribution in [-0.2, 0) is 19.6 Å². The fraction of sp³-hybridized carbons (Fsp3) is 0.609. The Bertz CT molecular complexity index is 1150. The molecule has 10 heteroatoms. The number of likely N-dealkylation sites (tertiary alicyclic amines) is 1. The lowest BCUT2D eigenvalue weighted by atomic mass is 9.81. The van der Waals surface area contributed by atoms with Gasteiger partial charge in [0.2, 0.25) is 10.0 Å². The summed E-state index contributed by atoms with van der Waals surface area (Å²) in [7, 11) is -2.62. The number of nitrogens with zero attached hydrogens (tertiary/aromatic N) is 2. The Morgan fingerprint density at radius 1 is 1.12 bits per heavy atom. The summed E-state index contributed by atoms with van der Waals surface area (Å²) in [4.78, 5) is 40.7. The third-order valence-electron chi connectivity index (χ3n) is 8.09. The van der Waals surface area contributed by atoms with Crippen LogP contribution in [0.4, 0.5) is 0 Å². The third-order valence-corrected chi connectivity index (χ3v) is 10.1. The van der Waals surface area contributed by atoms with E-state index in [9.17, 15) is 27.9 Å². The molecule has 2 saturated heterocycles. The first-order chi connectivity index (χ1) is 15.5. The van der Waals surface area contributed by atoms with Crippen LogP contribution in [0.15, 0.2) is 24.3 Å². The predicted molar refractivity (Wildman–Crippen MR) is 117 cm³/mol. The second-order valence-electron chi connectivity index (χ2n) is 10.2. The number of aliphatic hydroxyl groups is 1. The summed E-state index contributed by atoms with van der Waals surface area (Å²) < 4.78 is 32.0. The van der Waals surface area contributed by atoms with Gasteiger partial charge in [0.05, 0.1) is 35.6 Å². The molecule has 5 rings (SSSR count). The Morgan fingerprint density at radius 3 is 2.42 bits per heavy atom. The van der Waals surface area contributed by atoms with E-state index in [4.69, 9.17) is 4.74 Å². The quantitative estimate of drug-likeness (QED) is 0.650. The molecule has 1 unspecified atom stereocenters. The van der Waals surface area contributed by atoms with E-state index in [1.807, 2.05) is 0 Å². The van der Waals surface area contributed by atoms with Gasteiger partial charge < -0.3 is 14.7 Å². The number of carbonyl (C=O) groups excluding carboxylic acids is 3. The highest BCUT2D eigenvalue weighted by atomic mass is 32.2. The highest BCUT2D eigenvalue weighted by Gasteiger charge is 2.64. The van der Waals surface area contributed by atoms with Crippen LogP contribution in [0, 0.1) is 11.3 Å². The van der Waals surface area contributed by atoms with E-state index in [-0.39, 0.29) is 41.3 Å². The lowest BCUT2D eigenvalue weighted by Gasteiger charge is -2.31. The topological polar surface area (TPSA) is 121 Å². The predicted octanol–water partition coefficient (Wildman–Crippen LogP) is 1.17. The summed E-state index contributed by atoms with van der Waals surface area (Å²) >= 11 is 0. The average molecular weight is 477 g/mol. The van der Waals surface area contributed by atoms with E-state index < -0.39 is 39.4 Å². The molecule has 2 amide bonds. The van der Waals surface area contributed by atoms with Crippen molar-refractivity contribution in [2.45, 2.75) is 56.7 Å². The van der Waals surface area contributed by atoms with Gasteiger partial charge in [-0.05, 0) is 57.1 Å². The number of hydrogen-bond donors (Lipinski definition) is 1. The first-order valence-corrected chi connectivity index (χ1v) is 12.9. The number of benzene rings is 1. The molecule has 5 atom stereocenters. The van der Waals surface area contributed by atoms with Crippen LogP contribution < -0.4 is 0 Å². The van der Waals surface area contributed by atoms with Crippen molar-refractivity contribution in [2.75, 3.05) is 19.4 Å². The summed E-state index contributed by atoms with van der Waals surface area (Å²) in [5, 5.41) is 10.7.